The van der Waals surface area contributed by atoms with Gasteiger partial charge >= 0.3 is 0 Å². The van der Waals surface area contributed by atoms with E-state index < -0.39 is 0 Å². The molecule has 2 rings (SSSR count). The van der Waals surface area contributed by atoms with E-state index in [4.69, 9.17) is 0 Å². The third-order valence-electron chi connectivity index (χ3n) is 1.38. The summed E-state index contributed by atoms with van der Waals surface area (Å²) in [6.07, 6.45) is 5.21. The van der Waals surface area contributed by atoms with Crippen LogP contribution in [0.4, 0.5) is 0 Å². The lowest BCUT2D eigenvalue weighted by molar-refractivity contribution is 0.932. The smallest absolute Gasteiger partial charge is 0.156 e. The van der Waals surface area contributed by atoms with Crippen molar-refractivity contribution in [2.45, 2.75) is 0 Å². The van der Waals surface area contributed by atoms with Crippen molar-refractivity contribution in [3.8, 4) is 0 Å². The van der Waals surface area contributed by atoms with E-state index in [9.17, 15) is 0 Å². The summed E-state index contributed by atoms with van der Waals surface area (Å²) in [6.45, 7) is 3.80. The van der Waals surface area contributed by atoms with Gasteiger partial charge in [-0.2, -0.15) is 5.10 Å². The van der Waals surface area contributed by atoms with Crippen LogP contribution in [0.15, 0.2) is 24.7 Å². The van der Waals surface area contributed by atoms with Crippen molar-refractivity contribution < 1.29 is 0 Å². The van der Waals surface area contributed by atoms with E-state index >= 15 is 0 Å². The Balaban J connectivity index is 2.95. The lowest BCUT2D eigenvalue weighted by Crippen LogP contribution is -1.90. The van der Waals surface area contributed by atoms with E-state index in [2.05, 4.69) is 17.0 Å². The standard InChI is InChI=1S/C7H6N3/c1-6-2-3-9-10-5-4-8-7(6)10/h2-5H,1H2. The van der Waals surface area contributed by atoms with Gasteiger partial charge in [0.1, 0.15) is 0 Å². The molecule has 0 saturated carbocycles. The summed E-state index contributed by atoms with van der Waals surface area (Å²) >= 11 is 0. The van der Waals surface area contributed by atoms with Gasteiger partial charge in [0.2, 0.25) is 0 Å². The molecule has 10 heavy (non-hydrogen) atoms. The third kappa shape index (κ3) is 0.603. The van der Waals surface area contributed by atoms with Crippen molar-refractivity contribution in [2.75, 3.05) is 0 Å². The zero-order valence-corrected chi connectivity index (χ0v) is 5.36. The molecule has 0 N–H and O–H groups in total. The molecular formula is C7H6N3. The van der Waals surface area contributed by atoms with Crippen molar-refractivity contribution >= 4 is 5.65 Å². The molecule has 0 aliphatic heterocycles. The minimum absolute atomic E-state index is 0.822. The van der Waals surface area contributed by atoms with Crippen LogP contribution in [-0.2, 0) is 0 Å². The molecule has 0 aliphatic rings. The molecule has 0 unspecified atom stereocenters. The Bertz CT molecular complexity index is 350. The Kier molecular flexibility index (Phi) is 0.974. The second-order valence-electron chi connectivity index (χ2n) is 2.05. The first-order valence-corrected chi connectivity index (χ1v) is 2.98. The monoisotopic (exact) mass is 132 g/mol. The number of nitrogens with zero attached hydrogens (tertiary/aromatic N) is 3. The first-order chi connectivity index (χ1) is 4.88. The van der Waals surface area contributed by atoms with Crippen molar-refractivity contribution in [1.82, 2.24) is 14.6 Å². The molecule has 3 nitrogen and oxygen atoms in total. The zero-order valence-electron chi connectivity index (χ0n) is 5.36. The molecule has 2 aromatic rings. The maximum absolute atomic E-state index is 4.06. The maximum atomic E-state index is 4.06. The molecule has 49 valence electrons. The Morgan fingerprint density at radius 3 is 3.10 bits per heavy atom. The minimum Gasteiger partial charge on any atom is -0.235 e. The molecule has 0 amide bonds. The summed E-state index contributed by atoms with van der Waals surface area (Å²) < 4.78 is 1.70. The van der Waals surface area contributed by atoms with Gasteiger partial charge in [0.05, 0.1) is 0 Å². The highest BCUT2D eigenvalue weighted by Crippen LogP contribution is 2.02. The lowest BCUT2D eigenvalue weighted by atomic mass is 10.3. The van der Waals surface area contributed by atoms with E-state index in [-0.39, 0.29) is 0 Å². The minimum atomic E-state index is 0.822. The van der Waals surface area contributed by atoms with Crippen LogP contribution in [0.3, 0.4) is 0 Å². The van der Waals surface area contributed by atoms with E-state index in [1.165, 1.54) is 0 Å². The van der Waals surface area contributed by atoms with Crippen molar-refractivity contribution in [1.29, 1.82) is 0 Å². The Morgan fingerprint density at radius 2 is 2.30 bits per heavy atom. The summed E-state index contributed by atoms with van der Waals surface area (Å²) in [5.41, 5.74) is 1.72. The average Bonchev–Trinajstić information content (AvgIpc) is 2.36. The largest absolute Gasteiger partial charge is 0.235 e. The van der Waals surface area contributed by atoms with Crippen LogP contribution < -0.4 is 0 Å². The van der Waals surface area contributed by atoms with Crippen LogP contribution in [-0.4, -0.2) is 14.6 Å². The Labute approximate surface area is 58.3 Å². The van der Waals surface area contributed by atoms with E-state index in [0.29, 0.717) is 0 Å². The second-order valence-corrected chi connectivity index (χ2v) is 2.05. The number of hydrogen-bond donors (Lipinski definition) is 0. The first kappa shape index (κ1) is 5.41. The molecule has 3 heteroatoms. The molecule has 2 heterocycles. The van der Waals surface area contributed by atoms with Crippen LogP contribution in [0.5, 0.6) is 0 Å². The molecule has 0 spiro atoms. The summed E-state index contributed by atoms with van der Waals surface area (Å²) in [5, 5.41) is 4.02. The van der Waals surface area contributed by atoms with Crippen LogP contribution in [0.25, 0.3) is 5.65 Å². The summed E-state index contributed by atoms with van der Waals surface area (Å²) in [4.78, 5) is 4.06. The third-order valence-corrected chi connectivity index (χ3v) is 1.38. The van der Waals surface area contributed by atoms with Crippen molar-refractivity contribution in [3.63, 3.8) is 0 Å². The fourth-order valence-corrected chi connectivity index (χ4v) is 0.890. The number of hydrogen-bond acceptors (Lipinski definition) is 2. The highest BCUT2D eigenvalue weighted by atomic mass is 15.2. The number of imidazole rings is 1. The quantitative estimate of drug-likeness (QED) is 0.533. The van der Waals surface area contributed by atoms with Gasteiger partial charge in [-0.25, -0.2) is 9.50 Å². The van der Waals surface area contributed by atoms with Gasteiger partial charge in [-0.1, -0.05) is 0 Å². The molecule has 0 saturated heterocycles. The predicted molar refractivity (Wildman–Crippen MR) is 37.4 cm³/mol. The fourth-order valence-electron chi connectivity index (χ4n) is 0.890. The molecular weight excluding hydrogens is 126 g/mol. The van der Waals surface area contributed by atoms with Gasteiger partial charge in [0.15, 0.2) is 5.65 Å². The van der Waals surface area contributed by atoms with Crippen LogP contribution in [0.2, 0.25) is 0 Å². The predicted octanol–water partition coefficient (Wildman–Crippen LogP) is 0.911. The van der Waals surface area contributed by atoms with Crippen molar-refractivity contribution in [3.05, 3.63) is 37.1 Å². The van der Waals surface area contributed by atoms with Gasteiger partial charge in [0.25, 0.3) is 0 Å². The second kappa shape index (κ2) is 1.80. The SMILES string of the molecule is [CH2]c1ccnn2ccnc12. The van der Waals surface area contributed by atoms with E-state index in [1.54, 1.807) is 23.1 Å². The van der Waals surface area contributed by atoms with Crippen molar-refractivity contribution in [2.24, 2.45) is 0 Å². The normalized spacial score (nSPS) is 10.5. The van der Waals surface area contributed by atoms with Crippen LogP contribution in [0, 0.1) is 6.92 Å². The molecule has 0 fully saturated rings. The van der Waals surface area contributed by atoms with E-state index in [0.717, 1.165) is 11.2 Å². The molecule has 2 aromatic heterocycles. The lowest BCUT2D eigenvalue weighted by Gasteiger charge is -1.92. The first-order valence-electron chi connectivity index (χ1n) is 2.98. The molecule has 0 atom stereocenters. The fraction of sp³-hybridized carbons (Fsp3) is 0. The number of fused-ring (bicyclic) bond motifs is 1. The van der Waals surface area contributed by atoms with Gasteiger partial charge in [-0.05, 0) is 18.6 Å². The number of rotatable bonds is 0. The van der Waals surface area contributed by atoms with Gasteiger partial charge in [-0.3, -0.25) is 0 Å². The highest BCUT2D eigenvalue weighted by Gasteiger charge is 1.94. The van der Waals surface area contributed by atoms with Gasteiger partial charge in [0, 0.05) is 18.6 Å². The van der Waals surface area contributed by atoms with Gasteiger partial charge < -0.3 is 0 Å². The van der Waals surface area contributed by atoms with Gasteiger partial charge in [-0.15, -0.1) is 0 Å². The highest BCUT2D eigenvalue weighted by molar-refractivity contribution is 5.47. The van der Waals surface area contributed by atoms with E-state index in [1.807, 2.05) is 6.07 Å². The van der Waals surface area contributed by atoms with Crippen LogP contribution >= 0.6 is 0 Å². The Hall–Kier alpha value is -1.38. The Morgan fingerprint density at radius 1 is 1.40 bits per heavy atom. The molecule has 0 aromatic carbocycles. The van der Waals surface area contributed by atoms with Crippen LogP contribution in [0.1, 0.15) is 5.56 Å². The molecule has 1 radical (unpaired) electrons. The maximum Gasteiger partial charge on any atom is 0.156 e. The zero-order chi connectivity index (χ0) is 6.97. The topological polar surface area (TPSA) is 30.2 Å². The summed E-state index contributed by atoms with van der Waals surface area (Å²) in [7, 11) is 0. The summed E-state index contributed by atoms with van der Waals surface area (Å²) in [6, 6.07) is 1.84. The average molecular weight is 132 g/mol. The molecule has 0 aliphatic carbocycles. The summed E-state index contributed by atoms with van der Waals surface area (Å²) in [5.74, 6) is 0. The molecule has 0 bridgehead atoms. The number of aromatic nitrogens is 3.